The van der Waals surface area contributed by atoms with E-state index in [-0.39, 0.29) is 11.7 Å². The van der Waals surface area contributed by atoms with Crippen molar-refractivity contribution in [1.29, 1.82) is 0 Å². The molecule has 6 nitrogen and oxygen atoms in total. The number of amides is 2. The third-order valence-corrected chi connectivity index (χ3v) is 2.84. The SMILES string of the molecule is CC(C)C[C@H](NC(=O)N(C)c1ccc(O)cc1)C(=O)O. The van der Waals surface area contributed by atoms with Crippen molar-refractivity contribution >= 4 is 17.7 Å². The summed E-state index contributed by atoms with van der Waals surface area (Å²) in [4.78, 5) is 24.4. The Hall–Kier alpha value is -2.24. The molecule has 0 heterocycles. The van der Waals surface area contributed by atoms with Crippen LogP contribution in [0.25, 0.3) is 0 Å². The van der Waals surface area contributed by atoms with Crippen molar-refractivity contribution in [3.05, 3.63) is 24.3 Å². The molecule has 0 aliphatic carbocycles. The molecule has 0 unspecified atom stereocenters. The first-order valence-corrected chi connectivity index (χ1v) is 6.37. The monoisotopic (exact) mass is 280 g/mol. The quantitative estimate of drug-likeness (QED) is 0.770. The van der Waals surface area contributed by atoms with E-state index in [1.54, 1.807) is 12.1 Å². The van der Waals surface area contributed by atoms with Crippen molar-refractivity contribution in [2.45, 2.75) is 26.3 Å². The molecule has 0 spiro atoms. The van der Waals surface area contributed by atoms with Crippen molar-refractivity contribution in [3.63, 3.8) is 0 Å². The van der Waals surface area contributed by atoms with E-state index >= 15 is 0 Å². The fourth-order valence-corrected chi connectivity index (χ4v) is 1.73. The van der Waals surface area contributed by atoms with Gasteiger partial charge in [0.25, 0.3) is 0 Å². The van der Waals surface area contributed by atoms with Crippen LogP contribution in [-0.2, 0) is 4.79 Å². The number of rotatable bonds is 5. The molecule has 0 fully saturated rings. The highest BCUT2D eigenvalue weighted by Crippen LogP contribution is 2.17. The van der Waals surface area contributed by atoms with E-state index in [9.17, 15) is 14.7 Å². The number of carbonyl (C=O) groups excluding carboxylic acids is 1. The first kappa shape index (κ1) is 15.8. The molecule has 0 aliphatic heterocycles. The molecular formula is C14H20N2O4. The lowest BCUT2D eigenvalue weighted by molar-refractivity contribution is -0.139. The lowest BCUT2D eigenvalue weighted by Crippen LogP contribution is -2.47. The Morgan fingerprint density at radius 1 is 1.25 bits per heavy atom. The van der Waals surface area contributed by atoms with Crippen LogP contribution >= 0.6 is 0 Å². The number of aliphatic carboxylic acids is 1. The molecule has 0 saturated heterocycles. The van der Waals surface area contributed by atoms with Crippen molar-refractivity contribution in [2.24, 2.45) is 5.92 Å². The fourth-order valence-electron chi connectivity index (χ4n) is 1.73. The lowest BCUT2D eigenvalue weighted by Gasteiger charge is -2.22. The van der Waals surface area contributed by atoms with Gasteiger partial charge in [-0.15, -0.1) is 0 Å². The number of hydrogen-bond donors (Lipinski definition) is 3. The summed E-state index contributed by atoms with van der Waals surface area (Å²) in [6.07, 6.45) is 0.366. The molecule has 0 aliphatic rings. The number of carboxylic acid groups (broad SMARTS) is 1. The van der Waals surface area contributed by atoms with Gasteiger partial charge in [0.2, 0.25) is 0 Å². The van der Waals surface area contributed by atoms with Crippen LogP contribution in [0.15, 0.2) is 24.3 Å². The average molecular weight is 280 g/mol. The van der Waals surface area contributed by atoms with Gasteiger partial charge < -0.3 is 15.5 Å². The predicted molar refractivity (Wildman–Crippen MR) is 75.9 cm³/mol. The summed E-state index contributed by atoms with van der Waals surface area (Å²) in [6.45, 7) is 3.79. The Labute approximate surface area is 118 Å². The molecule has 0 saturated carbocycles. The third kappa shape index (κ3) is 4.46. The predicted octanol–water partition coefficient (Wildman–Crippen LogP) is 2.04. The summed E-state index contributed by atoms with van der Waals surface area (Å²) in [6, 6.07) is 4.66. The number of aromatic hydroxyl groups is 1. The van der Waals surface area contributed by atoms with Crippen molar-refractivity contribution in [3.8, 4) is 5.75 Å². The van der Waals surface area contributed by atoms with Crippen molar-refractivity contribution in [2.75, 3.05) is 11.9 Å². The highest BCUT2D eigenvalue weighted by molar-refractivity contribution is 5.94. The summed E-state index contributed by atoms with van der Waals surface area (Å²) >= 11 is 0. The smallest absolute Gasteiger partial charge is 0.326 e. The Morgan fingerprint density at radius 2 is 1.80 bits per heavy atom. The average Bonchev–Trinajstić information content (AvgIpc) is 2.37. The van der Waals surface area contributed by atoms with Crippen LogP contribution in [-0.4, -0.2) is 35.3 Å². The highest BCUT2D eigenvalue weighted by Gasteiger charge is 2.23. The summed E-state index contributed by atoms with van der Waals surface area (Å²) in [5, 5.41) is 20.8. The molecule has 110 valence electrons. The molecule has 6 heteroatoms. The lowest BCUT2D eigenvalue weighted by atomic mass is 10.0. The van der Waals surface area contributed by atoms with E-state index in [0.29, 0.717) is 12.1 Å². The minimum Gasteiger partial charge on any atom is -0.508 e. The summed E-state index contributed by atoms with van der Waals surface area (Å²) < 4.78 is 0. The van der Waals surface area contributed by atoms with Gasteiger partial charge in [-0.05, 0) is 36.6 Å². The van der Waals surface area contributed by atoms with E-state index in [1.165, 1.54) is 24.1 Å². The Morgan fingerprint density at radius 3 is 2.25 bits per heavy atom. The van der Waals surface area contributed by atoms with Crippen molar-refractivity contribution < 1.29 is 19.8 Å². The van der Waals surface area contributed by atoms with Gasteiger partial charge in [-0.1, -0.05) is 13.8 Å². The second-order valence-corrected chi connectivity index (χ2v) is 5.05. The molecule has 1 aromatic carbocycles. The Kier molecular flexibility index (Phi) is 5.37. The Balaban J connectivity index is 2.73. The van der Waals surface area contributed by atoms with Crippen LogP contribution in [0.1, 0.15) is 20.3 Å². The van der Waals surface area contributed by atoms with Crippen LogP contribution in [0, 0.1) is 5.92 Å². The van der Waals surface area contributed by atoms with E-state index in [1.807, 2.05) is 13.8 Å². The minimum atomic E-state index is -1.05. The maximum atomic E-state index is 12.0. The summed E-state index contributed by atoms with van der Waals surface area (Å²) in [5.74, 6) is -0.785. The van der Waals surface area contributed by atoms with Gasteiger partial charge in [0.05, 0.1) is 0 Å². The van der Waals surface area contributed by atoms with Crippen molar-refractivity contribution in [1.82, 2.24) is 5.32 Å². The Bertz CT molecular complexity index is 471. The van der Waals surface area contributed by atoms with E-state index in [0.717, 1.165) is 0 Å². The number of carboxylic acids is 1. The largest absolute Gasteiger partial charge is 0.508 e. The zero-order chi connectivity index (χ0) is 15.3. The molecule has 3 N–H and O–H groups in total. The molecule has 0 radical (unpaired) electrons. The maximum absolute atomic E-state index is 12.0. The normalized spacial score (nSPS) is 12.0. The first-order valence-electron chi connectivity index (χ1n) is 6.37. The number of nitrogens with zero attached hydrogens (tertiary/aromatic N) is 1. The number of anilines is 1. The van der Waals surface area contributed by atoms with Crippen LogP contribution in [0.4, 0.5) is 10.5 Å². The van der Waals surface area contributed by atoms with Gasteiger partial charge >= 0.3 is 12.0 Å². The third-order valence-electron chi connectivity index (χ3n) is 2.84. The number of benzene rings is 1. The standard InChI is InChI=1S/C14H20N2O4/c1-9(2)8-12(13(18)19)15-14(20)16(3)10-4-6-11(17)7-5-10/h4-7,9,12,17H,8H2,1-3H3,(H,15,20)(H,18,19)/t12-/m0/s1. The van der Waals surface area contributed by atoms with Gasteiger partial charge in [0.1, 0.15) is 11.8 Å². The molecule has 1 atom stereocenters. The number of carbonyl (C=O) groups is 2. The molecule has 20 heavy (non-hydrogen) atoms. The second-order valence-electron chi connectivity index (χ2n) is 5.05. The van der Waals surface area contributed by atoms with Crippen LogP contribution in [0.2, 0.25) is 0 Å². The van der Waals surface area contributed by atoms with Crippen LogP contribution in [0.3, 0.4) is 0 Å². The maximum Gasteiger partial charge on any atom is 0.326 e. The van der Waals surface area contributed by atoms with Crippen LogP contribution < -0.4 is 10.2 Å². The number of hydrogen-bond acceptors (Lipinski definition) is 3. The van der Waals surface area contributed by atoms with Gasteiger partial charge in [-0.3, -0.25) is 4.90 Å². The molecular weight excluding hydrogens is 260 g/mol. The number of urea groups is 1. The molecule has 0 bridgehead atoms. The van der Waals surface area contributed by atoms with E-state index in [4.69, 9.17) is 5.11 Å². The van der Waals surface area contributed by atoms with Crippen LogP contribution in [0.5, 0.6) is 5.75 Å². The van der Waals surface area contributed by atoms with Gasteiger partial charge in [0, 0.05) is 12.7 Å². The second kappa shape index (κ2) is 6.79. The molecule has 0 aromatic heterocycles. The number of phenols is 1. The minimum absolute atomic E-state index is 0.103. The van der Waals surface area contributed by atoms with Gasteiger partial charge in [-0.2, -0.15) is 0 Å². The summed E-state index contributed by atoms with van der Waals surface area (Å²) in [5.41, 5.74) is 0.564. The number of nitrogens with one attached hydrogen (secondary N) is 1. The molecule has 1 aromatic rings. The first-order chi connectivity index (χ1) is 9.31. The van der Waals surface area contributed by atoms with E-state index in [2.05, 4.69) is 5.32 Å². The molecule has 1 rings (SSSR count). The highest BCUT2D eigenvalue weighted by atomic mass is 16.4. The van der Waals surface area contributed by atoms with Gasteiger partial charge in [0.15, 0.2) is 0 Å². The zero-order valence-corrected chi connectivity index (χ0v) is 11.8. The van der Waals surface area contributed by atoms with E-state index < -0.39 is 18.0 Å². The summed E-state index contributed by atoms with van der Waals surface area (Å²) in [7, 11) is 1.54. The molecule has 2 amide bonds. The number of phenolic OH excluding ortho intramolecular Hbond substituents is 1. The zero-order valence-electron chi connectivity index (χ0n) is 11.8. The fraction of sp³-hybridized carbons (Fsp3) is 0.429. The van der Waals surface area contributed by atoms with Gasteiger partial charge in [-0.25, -0.2) is 9.59 Å². The topological polar surface area (TPSA) is 89.9 Å².